The maximum absolute atomic E-state index is 13.9. The van der Waals surface area contributed by atoms with E-state index in [1.165, 1.54) is 12.1 Å². The van der Waals surface area contributed by atoms with Crippen LogP contribution in [0.5, 0.6) is 0 Å². The van der Waals surface area contributed by atoms with Crippen LogP contribution in [-0.4, -0.2) is 43.3 Å². The lowest BCUT2D eigenvalue weighted by atomic mass is 9.81. The number of benzene rings is 1. The smallest absolute Gasteiger partial charge is 0.227 e. The SMILES string of the molecule is CC(NC(=O)C1(C)CCCNC1)c1cc(F)ccc1N1CCC(O)CC1.Cl.Cl. The molecule has 1 amide bonds. The number of aliphatic hydroxyl groups excluding tert-OH is 1. The molecule has 1 aromatic carbocycles. The summed E-state index contributed by atoms with van der Waals surface area (Å²) in [6, 6.07) is 4.49. The van der Waals surface area contributed by atoms with Gasteiger partial charge in [0.05, 0.1) is 17.6 Å². The molecule has 2 atom stereocenters. The Morgan fingerprint density at radius 1 is 1.36 bits per heavy atom. The van der Waals surface area contributed by atoms with Gasteiger partial charge in [0.2, 0.25) is 5.91 Å². The van der Waals surface area contributed by atoms with Gasteiger partial charge in [-0.3, -0.25) is 4.79 Å². The van der Waals surface area contributed by atoms with E-state index in [9.17, 15) is 14.3 Å². The van der Waals surface area contributed by atoms with Gasteiger partial charge in [-0.1, -0.05) is 0 Å². The van der Waals surface area contributed by atoms with E-state index >= 15 is 0 Å². The molecule has 1 aromatic rings. The second-order valence-electron chi connectivity index (χ2n) is 7.96. The molecule has 160 valence electrons. The average Bonchev–Trinajstić information content (AvgIpc) is 2.63. The molecule has 2 saturated heterocycles. The van der Waals surface area contributed by atoms with Crippen molar-refractivity contribution in [2.45, 2.75) is 51.7 Å². The number of halogens is 3. The van der Waals surface area contributed by atoms with Gasteiger partial charge < -0.3 is 20.6 Å². The van der Waals surface area contributed by atoms with Crippen molar-refractivity contribution in [3.63, 3.8) is 0 Å². The number of amides is 1. The van der Waals surface area contributed by atoms with Crippen LogP contribution >= 0.6 is 24.8 Å². The van der Waals surface area contributed by atoms with E-state index in [0.717, 1.165) is 43.7 Å². The molecule has 0 aliphatic carbocycles. The van der Waals surface area contributed by atoms with E-state index in [4.69, 9.17) is 0 Å². The van der Waals surface area contributed by atoms with Gasteiger partial charge in [0.15, 0.2) is 0 Å². The Balaban J connectivity index is 0.00000196. The summed E-state index contributed by atoms with van der Waals surface area (Å²) in [6.45, 7) is 7.00. The normalized spacial score (nSPS) is 23.9. The number of rotatable bonds is 4. The Morgan fingerprint density at radius 3 is 2.64 bits per heavy atom. The molecule has 2 heterocycles. The van der Waals surface area contributed by atoms with Gasteiger partial charge in [0, 0.05) is 30.9 Å². The van der Waals surface area contributed by atoms with Crippen molar-refractivity contribution >= 4 is 36.4 Å². The lowest BCUT2D eigenvalue weighted by molar-refractivity contribution is -0.131. The molecule has 2 fully saturated rings. The van der Waals surface area contributed by atoms with Gasteiger partial charge in [-0.25, -0.2) is 4.39 Å². The predicted octanol–water partition coefficient (Wildman–Crippen LogP) is 3.20. The molecule has 0 spiro atoms. The van der Waals surface area contributed by atoms with Crippen molar-refractivity contribution in [2.24, 2.45) is 5.41 Å². The standard InChI is InChI=1S/C20H30FN3O2.2ClH/c1-14(23-19(26)20(2)8-3-9-22-13-20)17-12-15(21)4-5-18(17)24-10-6-16(25)7-11-24;;/h4-5,12,14,16,22,25H,3,6-11,13H2,1-2H3,(H,23,26);2*1H. The zero-order chi connectivity index (χ0) is 18.7. The molecule has 2 unspecified atom stereocenters. The summed E-state index contributed by atoms with van der Waals surface area (Å²) < 4.78 is 13.9. The first-order valence-electron chi connectivity index (χ1n) is 9.63. The highest BCUT2D eigenvalue weighted by Gasteiger charge is 2.35. The Kier molecular flexibility index (Phi) is 9.47. The third-order valence-electron chi connectivity index (χ3n) is 5.75. The first kappa shape index (κ1) is 25.0. The molecule has 3 rings (SSSR count). The topological polar surface area (TPSA) is 64.6 Å². The van der Waals surface area contributed by atoms with Crippen molar-refractivity contribution in [3.8, 4) is 0 Å². The predicted molar refractivity (Wildman–Crippen MR) is 115 cm³/mol. The third kappa shape index (κ3) is 5.72. The van der Waals surface area contributed by atoms with Crippen molar-refractivity contribution in [3.05, 3.63) is 29.6 Å². The number of piperidine rings is 2. The number of nitrogens with one attached hydrogen (secondary N) is 2. The lowest BCUT2D eigenvalue weighted by Crippen LogP contribution is -2.49. The highest BCUT2D eigenvalue weighted by molar-refractivity contribution is 5.85. The summed E-state index contributed by atoms with van der Waals surface area (Å²) in [5.74, 6) is -0.283. The molecule has 2 aliphatic rings. The molecule has 0 aromatic heterocycles. The maximum Gasteiger partial charge on any atom is 0.227 e. The minimum Gasteiger partial charge on any atom is -0.393 e. The van der Waals surface area contributed by atoms with Crippen molar-refractivity contribution in [2.75, 3.05) is 31.1 Å². The van der Waals surface area contributed by atoms with Crippen LogP contribution in [0.2, 0.25) is 0 Å². The second-order valence-corrected chi connectivity index (χ2v) is 7.96. The highest BCUT2D eigenvalue weighted by Crippen LogP contribution is 2.32. The number of anilines is 1. The Morgan fingerprint density at radius 2 is 2.04 bits per heavy atom. The highest BCUT2D eigenvalue weighted by atomic mass is 35.5. The number of hydrogen-bond acceptors (Lipinski definition) is 4. The molecule has 2 aliphatic heterocycles. The van der Waals surface area contributed by atoms with Gasteiger partial charge in [0.25, 0.3) is 0 Å². The summed E-state index contributed by atoms with van der Waals surface area (Å²) in [7, 11) is 0. The summed E-state index contributed by atoms with van der Waals surface area (Å²) in [4.78, 5) is 15.0. The number of carbonyl (C=O) groups excluding carboxylic acids is 1. The fourth-order valence-corrected chi connectivity index (χ4v) is 3.97. The van der Waals surface area contributed by atoms with E-state index in [-0.39, 0.29) is 48.7 Å². The Bertz CT molecular complexity index is 648. The van der Waals surface area contributed by atoms with E-state index in [0.29, 0.717) is 19.4 Å². The molecule has 3 N–H and O–H groups in total. The van der Waals surface area contributed by atoms with E-state index in [1.807, 2.05) is 13.8 Å². The quantitative estimate of drug-likeness (QED) is 0.679. The molecular weight excluding hydrogens is 404 g/mol. The zero-order valence-electron chi connectivity index (χ0n) is 16.5. The van der Waals surface area contributed by atoms with E-state index < -0.39 is 5.41 Å². The first-order valence-corrected chi connectivity index (χ1v) is 9.63. The first-order chi connectivity index (χ1) is 12.4. The van der Waals surface area contributed by atoms with Crippen molar-refractivity contribution < 1.29 is 14.3 Å². The van der Waals surface area contributed by atoms with E-state index in [2.05, 4.69) is 15.5 Å². The molecule has 0 radical (unpaired) electrons. The van der Waals surface area contributed by atoms with Crippen LogP contribution in [0.25, 0.3) is 0 Å². The number of carbonyl (C=O) groups is 1. The summed E-state index contributed by atoms with van der Waals surface area (Å²) in [6.07, 6.45) is 3.01. The monoisotopic (exact) mass is 435 g/mol. The molecule has 8 heteroatoms. The molecule has 5 nitrogen and oxygen atoms in total. The molecule has 0 bridgehead atoms. The van der Waals surface area contributed by atoms with Crippen LogP contribution in [-0.2, 0) is 4.79 Å². The molecule has 28 heavy (non-hydrogen) atoms. The lowest BCUT2D eigenvalue weighted by Gasteiger charge is -2.36. The van der Waals surface area contributed by atoms with Crippen LogP contribution < -0.4 is 15.5 Å². The van der Waals surface area contributed by atoms with Gasteiger partial charge in [0.1, 0.15) is 5.82 Å². The van der Waals surface area contributed by atoms with Crippen LogP contribution in [0.1, 0.15) is 51.1 Å². The van der Waals surface area contributed by atoms with Crippen LogP contribution in [0.15, 0.2) is 18.2 Å². The summed E-state index contributed by atoms with van der Waals surface area (Å²) in [5.41, 5.74) is 1.31. The van der Waals surface area contributed by atoms with Crippen molar-refractivity contribution in [1.29, 1.82) is 0 Å². The van der Waals surface area contributed by atoms with Gasteiger partial charge in [-0.2, -0.15) is 0 Å². The van der Waals surface area contributed by atoms with Crippen LogP contribution in [0.4, 0.5) is 10.1 Å². The third-order valence-corrected chi connectivity index (χ3v) is 5.75. The van der Waals surface area contributed by atoms with Crippen molar-refractivity contribution in [1.82, 2.24) is 10.6 Å². The average molecular weight is 436 g/mol. The van der Waals surface area contributed by atoms with Gasteiger partial charge in [-0.05, 0) is 64.3 Å². The minimum atomic E-state index is -0.421. The number of nitrogens with zero attached hydrogens (tertiary/aromatic N) is 1. The van der Waals surface area contributed by atoms with Gasteiger partial charge in [-0.15, -0.1) is 24.8 Å². The molecular formula is C20H32Cl2FN3O2. The minimum absolute atomic E-state index is 0. The summed E-state index contributed by atoms with van der Waals surface area (Å²) >= 11 is 0. The Labute approximate surface area is 179 Å². The Hall–Kier alpha value is -1.08. The second kappa shape index (κ2) is 10.6. The summed E-state index contributed by atoms with van der Waals surface area (Å²) in [5, 5.41) is 16.1. The van der Waals surface area contributed by atoms with Gasteiger partial charge >= 0.3 is 0 Å². The molecule has 0 saturated carbocycles. The maximum atomic E-state index is 13.9. The number of hydrogen-bond donors (Lipinski definition) is 3. The fourth-order valence-electron chi connectivity index (χ4n) is 3.97. The van der Waals surface area contributed by atoms with Crippen LogP contribution in [0, 0.1) is 11.2 Å². The number of aliphatic hydroxyl groups is 1. The van der Waals surface area contributed by atoms with E-state index in [1.54, 1.807) is 6.07 Å². The fraction of sp³-hybridized carbons (Fsp3) is 0.650. The van der Waals surface area contributed by atoms with Crippen LogP contribution in [0.3, 0.4) is 0 Å². The largest absolute Gasteiger partial charge is 0.393 e. The zero-order valence-corrected chi connectivity index (χ0v) is 18.2.